The highest BCUT2D eigenvalue weighted by atomic mass is 19.4. The molecule has 1 amide bonds. The van der Waals surface area contributed by atoms with Crippen LogP contribution in [0.3, 0.4) is 0 Å². The number of rotatable bonds is 6. The molecule has 164 valence electrons. The van der Waals surface area contributed by atoms with Crippen LogP contribution >= 0.6 is 0 Å². The first kappa shape index (κ1) is 21.2. The number of carbonyl (C=O) groups excluding carboxylic acids is 1. The summed E-state index contributed by atoms with van der Waals surface area (Å²) in [5.41, 5.74) is 1.40. The highest BCUT2D eigenvalue weighted by Gasteiger charge is 2.30. The lowest BCUT2D eigenvalue weighted by atomic mass is 10.1. The summed E-state index contributed by atoms with van der Waals surface area (Å²) >= 11 is 0. The van der Waals surface area contributed by atoms with E-state index in [1.54, 1.807) is 30.3 Å². The molecule has 0 aliphatic heterocycles. The maximum absolute atomic E-state index is 13.0. The number of nitrogens with one attached hydrogen (secondary N) is 3. The van der Waals surface area contributed by atoms with Crippen molar-refractivity contribution in [1.29, 1.82) is 0 Å². The third-order valence-corrected chi connectivity index (χ3v) is 4.94. The summed E-state index contributed by atoms with van der Waals surface area (Å²) in [6.07, 6.45) is -0.681. The number of hydrogen-bond donors (Lipinski definition) is 4. The number of alkyl halides is 3. The number of anilines is 2. The number of pyridine rings is 1. The first-order valence-corrected chi connectivity index (χ1v) is 9.78. The molecule has 4 N–H and O–H groups in total. The summed E-state index contributed by atoms with van der Waals surface area (Å²) in [4.78, 5) is 19.9. The number of hydrogen-bond acceptors (Lipinski definition) is 4. The predicted molar refractivity (Wildman–Crippen MR) is 115 cm³/mol. The second-order valence-corrected chi connectivity index (χ2v) is 7.15. The van der Waals surface area contributed by atoms with Gasteiger partial charge >= 0.3 is 6.18 Å². The monoisotopic (exact) mass is 440 g/mol. The molecule has 0 bridgehead atoms. The second kappa shape index (κ2) is 8.62. The van der Waals surface area contributed by atoms with Crippen LogP contribution in [0.1, 0.15) is 21.5 Å². The zero-order chi connectivity index (χ0) is 22.7. The molecule has 4 aromatic rings. The largest absolute Gasteiger partial charge is 0.508 e. The van der Waals surface area contributed by atoms with E-state index in [1.807, 2.05) is 6.20 Å². The lowest BCUT2D eigenvalue weighted by molar-refractivity contribution is -0.137. The van der Waals surface area contributed by atoms with Crippen LogP contribution in [0.25, 0.3) is 10.9 Å². The Morgan fingerprint density at radius 3 is 2.75 bits per heavy atom. The lowest BCUT2D eigenvalue weighted by Crippen LogP contribution is -2.26. The first-order chi connectivity index (χ1) is 15.3. The normalized spacial score (nSPS) is 11.5. The van der Waals surface area contributed by atoms with Gasteiger partial charge in [0.15, 0.2) is 0 Å². The van der Waals surface area contributed by atoms with E-state index in [9.17, 15) is 23.1 Å². The molecule has 0 aliphatic carbocycles. The first-order valence-electron chi connectivity index (χ1n) is 9.78. The van der Waals surface area contributed by atoms with Gasteiger partial charge in [0.25, 0.3) is 5.91 Å². The molecule has 0 unspecified atom stereocenters. The van der Waals surface area contributed by atoms with Crippen molar-refractivity contribution >= 4 is 28.3 Å². The van der Waals surface area contributed by atoms with Crippen LogP contribution in [-0.2, 0) is 12.6 Å². The third kappa shape index (κ3) is 4.66. The number of aromatic nitrogens is 2. The molecular weight excluding hydrogens is 421 g/mol. The van der Waals surface area contributed by atoms with E-state index in [1.165, 1.54) is 18.3 Å². The van der Waals surface area contributed by atoms with E-state index in [0.29, 0.717) is 13.0 Å². The summed E-state index contributed by atoms with van der Waals surface area (Å²) in [5.74, 6) is -0.0975. The fraction of sp³-hybridized carbons (Fsp3) is 0.130. The van der Waals surface area contributed by atoms with Crippen LogP contribution in [-0.4, -0.2) is 27.5 Å². The van der Waals surface area contributed by atoms with E-state index in [0.717, 1.165) is 28.6 Å². The van der Waals surface area contributed by atoms with Gasteiger partial charge in [0, 0.05) is 35.5 Å². The molecule has 0 aliphatic rings. The van der Waals surface area contributed by atoms with Gasteiger partial charge in [-0.05, 0) is 60.5 Å². The molecule has 0 saturated heterocycles. The van der Waals surface area contributed by atoms with Crippen LogP contribution in [0.4, 0.5) is 24.7 Å². The average Bonchev–Trinajstić information content (AvgIpc) is 3.16. The van der Waals surface area contributed by atoms with Gasteiger partial charge in [-0.15, -0.1) is 0 Å². The molecule has 0 spiro atoms. The number of H-pyrrole nitrogens is 1. The second-order valence-electron chi connectivity index (χ2n) is 7.15. The Kier molecular flexibility index (Phi) is 5.72. The topological polar surface area (TPSA) is 90.0 Å². The van der Waals surface area contributed by atoms with Crippen molar-refractivity contribution in [2.24, 2.45) is 0 Å². The van der Waals surface area contributed by atoms with Gasteiger partial charge < -0.3 is 20.7 Å². The zero-order valence-electron chi connectivity index (χ0n) is 16.7. The molecule has 2 heterocycles. The Hall–Kier alpha value is -4.01. The van der Waals surface area contributed by atoms with E-state index < -0.39 is 17.6 Å². The minimum atomic E-state index is -4.47. The van der Waals surface area contributed by atoms with E-state index in [-0.39, 0.29) is 22.8 Å². The number of fused-ring (bicyclic) bond motifs is 1. The summed E-state index contributed by atoms with van der Waals surface area (Å²) in [6.45, 7) is 0.319. The third-order valence-electron chi connectivity index (χ3n) is 4.94. The number of aromatic hydroxyl groups is 1. The Morgan fingerprint density at radius 1 is 1.09 bits per heavy atom. The van der Waals surface area contributed by atoms with Crippen molar-refractivity contribution < 1.29 is 23.1 Å². The molecule has 0 fully saturated rings. The van der Waals surface area contributed by atoms with Gasteiger partial charge in [0.2, 0.25) is 0 Å². The summed E-state index contributed by atoms with van der Waals surface area (Å²) < 4.78 is 38.9. The molecule has 2 aromatic heterocycles. The number of amides is 1. The highest BCUT2D eigenvalue weighted by molar-refractivity contribution is 5.99. The predicted octanol–water partition coefficient (Wildman–Crippen LogP) is 5.00. The quantitative estimate of drug-likeness (QED) is 0.340. The average molecular weight is 440 g/mol. The molecule has 6 nitrogen and oxygen atoms in total. The maximum atomic E-state index is 13.0. The van der Waals surface area contributed by atoms with Crippen LogP contribution in [0.15, 0.2) is 67.0 Å². The number of carbonyl (C=O) groups is 1. The van der Waals surface area contributed by atoms with Crippen LogP contribution in [0, 0.1) is 0 Å². The number of benzene rings is 2. The zero-order valence-corrected chi connectivity index (χ0v) is 16.7. The molecule has 32 heavy (non-hydrogen) atoms. The Bertz CT molecular complexity index is 1270. The van der Waals surface area contributed by atoms with Crippen LogP contribution in [0.2, 0.25) is 0 Å². The molecule has 0 radical (unpaired) electrons. The van der Waals surface area contributed by atoms with Gasteiger partial charge in [-0.3, -0.25) is 4.79 Å². The Morgan fingerprint density at radius 2 is 1.94 bits per heavy atom. The lowest BCUT2D eigenvalue weighted by Gasteiger charge is -2.13. The number of phenolic OH excluding ortho intramolecular Hbond substituents is 1. The summed E-state index contributed by atoms with van der Waals surface area (Å²) in [7, 11) is 0. The van der Waals surface area contributed by atoms with Gasteiger partial charge in [-0.1, -0.05) is 6.07 Å². The standard InChI is InChI=1S/C23H19F3N4O2/c24-23(25,26)15-3-1-4-16(11-15)30-21-18(5-2-9-27-21)22(32)28-10-8-14-13-29-20-7-6-17(31)12-19(14)20/h1-7,9,11-13,29,31H,8,10H2,(H,27,30)(H,28,32). The van der Waals surface area contributed by atoms with E-state index in [2.05, 4.69) is 20.6 Å². The Labute approximate surface area is 181 Å². The highest BCUT2D eigenvalue weighted by Crippen LogP contribution is 2.31. The fourth-order valence-electron chi connectivity index (χ4n) is 3.38. The van der Waals surface area contributed by atoms with Crippen molar-refractivity contribution in [2.45, 2.75) is 12.6 Å². The SMILES string of the molecule is O=C(NCCc1c[nH]c2ccc(O)cc12)c1cccnc1Nc1cccc(C(F)(F)F)c1. The number of halogens is 3. The number of aromatic amines is 1. The van der Waals surface area contributed by atoms with Crippen LogP contribution < -0.4 is 10.6 Å². The molecule has 9 heteroatoms. The minimum Gasteiger partial charge on any atom is -0.508 e. The van der Waals surface area contributed by atoms with Crippen LogP contribution in [0.5, 0.6) is 5.75 Å². The molecular formula is C23H19F3N4O2. The van der Waals surface area contributed by atoms with Crippen molar-refractivity contribution in [3.8, 4) is 5.75 Å². The van der Waals surface area contributed by atoms with Crippen molar-refractivity contribution in [3.05, 3.63) is 83.7 Å². The summed E-state index contributed by atoms with van der Waals surface area (Å²) in [6, 6.07) is 12.8. The van der Waals surface area contributed by atoms with Crippen molar-refractivity contribution in [1.82, 2.24) is 15.3 Å². The number of nitrogens with zero attached hydrogens (tertiary/aromatic N) is 1. The molecule has 0 atom stereocenters. The smallest absolute Gasteiger partial charge is 0.416 e. The van der Waals surface area contributed by atoms with Gasteiger partial charge in [0.05, 0.1) is 11.1 Å². The van der Waals surface area contributed by atoms with Crippen molar-refractivity contribution in [2.75, 3.05) is 11.9 Å². The summed E-state index contributed by atoms with van der Waals surface area (Å²) in [5, 5.41) is 16.2. The minimum absolute atomic E-state index is 0.154. The van der Waals surface area contributed by atoms with Crippen molar-refractivity contribution in [3.63, 3.8) is 0 Å². The number of phenols is 1. The molecule has 2 aromatic carbocycles. The molecule has 0 saturated carbocycles. The molecule has 4 rings (SSSR count). The fourth-order valence-corrected chi connectivity index (χ4v) is 3.38. The van der Waals surface area contributed by atoms with Gasteiger partial charge in [-0.25, -0.2) is 4.98 Å². The van der Waals surface area contributed by atoms with E-state index >= 15 is 0 Å². The van der Waals surface area contributed by atoms with Gasteiger partial charge in [0.1, 0.15) is 11.6 Å². The van der Waals surface area contributed by atoms with Gasteiger partial charge in [-0.2, -0.15) is 13.2 Å². The maximum Gasteiger partial charge on any atom is 0.416 e. The Balaban J connectivity index is 1.45. The van der Waals surface area contributed by atoms with E-state index in [4.69, 9.17) is 0 Å².